The van der Waals surface area contributed by atoms with E-state index in [9.17, 15) is 0 Å². The number of rotatable bonds is 4. The van der Waals surface area contributed by atoms with Crippen LogP contribution >= 0.6 is 0 Å². The summed E-state index contributed by atoms with van der Waals surface area (Å²) in [4.78, 5) is 2.26. The van der Waals surface area contributed by atoms with Crippen molar-refractivity contribution in [2.45, 2.75) is 0 Å². The van der Waals surface area contributed by atoms with Crippen LogP contribution in [0.25, 0.3) is 65.8 Å². The van der Waals surface area contributed by atoms with Crippen LogP contribution in [0.4, 0.5) is 17.1 Å². The molecular formula is C40H25NO2. The van der Waals surface area contributed by atoms with Crippen LogP contribution in [0.1, 0.15) is 0 Å². The summed E-state index contributed by atoms with van der Waals surface area (Å²) in [5.74, 6) is 0. The molecule has 0 spiro atoms. The fourth-order valence-corrected chi connectivity index (χ4v) is 6.50. The molecule has 0 amide bonds. The third-order valence-corrected chi connectivity index (χ3v) is 8.45. The maximum Gasteiger partial charge on any atom is 0.159 e. The molecule has 0 saturated heterocycles. The fraction of sp³-hybridized carbons (Fsp3) is 0. The SMILES string of the molecule is c1ccc(-c2cccc3c2oc2c(N(c4ccccc4)c4ccc5c(c4)oc4ccc6ccccc6c45)cccc23)cc1. The van der Waals surface area contributed by atoms with Gasteiger partial charge < -0.3 is 13.7 Å². The Hall–Kier alpha value is -5.80. The highest BCUT2D eigenvalue weighted by Gasteiger charge is 2.21. The van der Waals surface area contributed by atoms with Crippen LogP contribution in [0.5, 0.6) is 0 Å². The average Bonchev–Trinajstić information content (AvgIpc) is 3.65. The second-order valence-electron chi connectivity index (χ2n) is 10.9. The number of hydrogen-bond donors (Lipinski definition) is 0. The van der Waals surface area contributed by atoms with Crippen LogP contribution in [0.3, 0.4) is 0 Å². The van der Waals surface area contributed by atoms with Gasteiger partial charge in [0, 0.05) is 38.9 Å². The predicted octanol–water partition coefficient (Wildman–Crippen LogP) is 11.8. The normalized spacial score (nSPS) is 11.7. The van der Waals surface area contributed by atoms with Crippen LogP contribution in [0.15, 0.2) is 160 Å². The summed E-state index contributed by atoms with van der Waals surface area (Å²) in [5, 5.41) is 6.86. The number of benzene rings is 7. The lowest BCUT2D eigenvalue weighted by Gasteiger charge is -2.25. The van der Waals surface area contributed by atoms with Crippen molar-refractivity contribution in [1.29, 1.82) is 0 Å². The molecule has 2 heterocycles. The first-order valence-electron chi connectivity index (χ1n) is 14.5. The van der Waals surface area contributed by atoms with Gasteiger partial charge in [-0.2, -0.15) is 0 Å². The van der Waals surface area contributed by atoms with Crippen LogP contribution in [0, 0.1) is 0 Å². The number of para-hydroxylation sites is 3. The molecular weight excluding hydrogens is 526 g/mol. The molecule has 3 nitrogen and oxygen atoms in total. The molecule has 0 aliphatic heterocycles. The molecule has 0 aliphatic carbocycles. The minimum absolute atomic E-state index is 0.848. The molecule has 9 rings (SSSR count). The average molecular weight is 552 g/mol. The molecule has 43 heavy (non-hydrogen) atoms. The van der Waals surface area contributed by atoms with E-state index in [1.807, 2.05) is 12.1 Å². The quantitative estimate of drug-likeness (QED) is 0.218. The summed E-state index contributed by atoms with van der Waals surface area (Å²) >= 11 is 0. The summed E-state index contributed by atoms with van der Waals surface area (Å²) < 4.78 is 13.3. The van der Waals surface area contributed by atoms with Gasteiger partial charge in [0.15, 0.2) is 5.58 Å². The lowest BCUT2D eigenvalue weighted by Crippen LogP contribution is -2.09. The van der Waals surface area contributed by atoms with E-state index in [1.54, 1.807) is 0 Å². The molecule has 2 aromatic heterocycles. The second kappa shape index (κ2) is 9.37. The van der Waals surface area contributed by atoms with E-state index in [0.29, 0.717) is 0 Å². The van der Waals surface area contributed by atoms with Gasteiger partial charge in [0.25, 0.3) is 0 Å². The highest BCUT2D eigenvalue weighted by Crippen LogP contribution is 2.45. The van der Waals surface area contributed by atoms with E-state index in [-0.39, 0.29) is 0 Å². The maximum absolute atomic E-state index is 6.81. The van der Waals surface area contributed by atoms with Gasteiger partial charge in [-0.05, 0) is 52.7 Å². The summed E-state index contributed by atoms with van der Waals surface area (Å²) in [5.41, 5.74) is 8.72. The molecule has 0 atom stereocenters. The number of furan rings is 2. The first kappa shape index (κ1) is 23.9. The van der Waals surface area contributed by atoms with Gasteiger partial charge in [0.2, 0.25) is 0 Å². The zero-order valence-corrected chi connectivity index (χ0v) is 23.2. The van der Waals surface area contributed by atoms with Gasteiger partial charge in [0.1, 0.15) is 16.7 Å². The molecule has 0 saturated carbocycles. The van der Waals surface area contributed by atoms with E-state index in [2.05, 4.69) is 144 Å². The van der Waals surface area contributed by atoms with Gasteiger partial charge >= 0.3 is 0 Å². The predicted molar refractivity (Wildman–Crippen MR) is 179 cm³/mol. The summed E-state index contributed by atoms with van der Waals surface area (Å²) in [7, 11) is 0. The summed E-state index contributed by atoms with van der Waals surface area (Å²) in [6.07, 6.45) is 0. The Labute approximate surface area is 247 Å². The molecule has 0 radical (unpaired) electrons. The smallest absolute Gasteiger partial charge is 0.159 e. The van der Waals surface area contributed by atoms with Crippen molar-refractivity contribution in [1.82, 2.24) is 0 Å². The van der Waals surface area contributed by atoms with E-state index >= 15 is 0 Å². The van der Waals surface area contributed by atoms with Crippen LogP contribution in [-0.4, -0.2) is 0 Å². The van der Waals surface area contributed by atoms with Crippen LogP contribution in [0.2, 0.25) is 0 Å². The molecule has 7 aromatic carbocycles. The molecule has 0 bridgehead atoms. The lowest BCUT2D eigenvalue weighted by molar-refractivity contribution is 0.668. The van der Waals surface area contributed by atoms with E-state index in [1.165, 1.54) is 10.8 Å². The van der Waals surface area contributed by atoms with Crippen molar-refractivity contribution >= 4 is 71.7 Å². The Kier molecular flexibility index (Phi) is 5.20. The Morgan fingerprint density at radius 2 is 1.14 bits per heavy atom. The summed E-state index contributed by atoms with van der Waals surface area (Å²) in [6, 6.07) is 52.9. The highest BCUT2D eigenvalue weighted by atomic mass is 16.3. The number of nitrogens with zero attached hydrogens (tertiary/aromatic N) is 1. The van der Waals surface area contributed by atoms with E-state index in [0.717, 1.165) is 72.1 Å². The van der Waals surface area contributed by atoms with Crippen LogP contribution < -0.4 is 4.90 Å². The van der Waals surface area contributed by atoms with Gasteiger partial charge in [-0.3, -0.25) is 0 Å². The molecule has 0 N–H and O–H groups in total. The Balaban J connectivity index is 1.29. The standard InChI is InChI=1S/C40H25NO2/c1-3-11-26(12-4-1)31-17-9-18-32-33-19-10-20-35(40(33)43-39(31)32)41(28-14-5-2-6-15-28)29-22-23-34-37(25-29)42-36-24-21-27-13-7-8-16-30(27)38(34)36/h1-25H. The Morgan fingerprint density at radius 3 is 2.00 bits per heavy atom. The number of hydrogen-bond acceptors (Lipinski definition) is 3. The van der Waals surface area contributed by atoms with E-state index in [4.69, 9.17) is 8.83 Å². The largest absolute Gasteiger partial charge is 0.456 e. The van der Waals surface area contributed by atoms with Crippen molar-refractivity contribution < 1.29 is 8.83 Å². The van der Waals surface area contributed by atoms with Gasteiger partial charge in [-0.1, -0.05) is 109 Å². The van der Waals surface area contributed by atoms with Crippen molar-refractivity contribution in [3.05, 3.63) is 152 Å². The molecule has 0 fully saturated rings. The van der Waals surface area contributed by atoms with Crippen LogP contribution in [-0.2, 0) is 0 Å². The zero-order valence-electron chi connectivity index (χ0n) is 23.2. The first-order valence-corrected chi connectivity index (χ1v) is 14.5. The van der Waals surface area contributed by atoms with Crippen molar-refractivity contribution in [2.75, 3.05) is 4.90 Å². The first-order chi connectivity index (χ1) is 21.3. The fourth-order valence-electron chi connectivity index (χ4n) is 6.50. The van der Waals surface area contributed by atoms with Gasteiger partial charge in [-0.25, -0.2) is 0 Å². The molecule has 9 aromatic rings. The topological polar surface area (TPSA) is 29.5 Å². The van der Waals surface area contributed by atoms with E-state index < -0.39 is 0 Å². The highest BCUT2D eigenvalue weighted by molar-refractivity contribution is 6.19. The van der Waals surface area contributed by atoms with Gasteiger partial charge in [0.05, 0.1) is 11.4 Å². The number of fused-ring (bicyclic) bond motifs is 8. The zero-order chi connectivity index (χ0) is 28.3. The molecule has 0 aliphatic rings. The minimum Gasteiger partial charge on any atom is -0.456 e. The third-order valence-electron chi connectivity index (χ3n) is 8.45. The lowest BCUT2D eigenvalue weighted by atomic mass is 10.0. The molecule has 3 heteroatoms. The van der Waals surface area contributed by atoms with Crippen molar-refractivity contribution in [3.63, 3.8) is 0 Å². The monoisotopic (exact) mass is 551 g/mol. The second-order valence-corrected chi connectivity index (χ2v) is 10.9. The van der Waals surface area contributed by atoms with Crippen molar-refractivity contribution in [3.8, 4) is 11.1 Å². The minimum atomic E-state index is 0.848. The van der Waals surface area contributed by atoms with Gasteiger partial charge in [-0.15, -0.1) is 0 Å². The summed E-state index contributed by atoms with van der Waals surface area (Å²) in [6.45, 7) is 0. The maximum atomic E-state index is 6.81. The van der Waals surface area contributed by atoms with Crippen molar-refractivity contribution in [2.24, 2.45) is 0 Å². The molecule has 0 unspecified atom stereocenters. The third kappa shape index (κ3) is 3.68. The Morgan fingerprint density at radius 1 is 0.419 bits per heavy atom. The Bertz CT molecular complexity index is 2450. The molecule has 202 valence electrons. The number of anilines is 3.